The van der Waals surface area contributed by atoms with Gasteiger partial charge in [-0.15, -0.1) is 0 Å². The Morgan fingerprint density at radius 3 is 2.52 bits per heavy atom. The monoisotopic (exact) mass is 310 g/mol. The van der Waals surface area contributed by atoms with E-state index < -0.39 is 21.0 Å². The molecule has 1 unspecified atom stereocenters. The van der Waals surface area contributed by atoms with Gasteiger partial charge in [-0.25, -0.2) is 8.42 Å². The van der Waals surface area contributed by atoms with Crippen molar-refractivity contribution in [2.24, 2.45) is 0 Å². The molecule has 0 fully saturated rings. The fraction of sp³-hybridized carbons (Fsp3) is 0.429. The van der Waals surface area contributed by atoms with Crippen LogP contribution in [0, 0.1) is 11.3 Å². The van der Waals surface area contributed by atoms with E-state index in [2.05, 4.69) is 5.32 Å². The number of hydrogen-bond donors (Lipinski definition) is 1. The third-order valence-electron chi connectivity index (χ3n) is 2.97. The van der Waals surface area contributed by atoms with E-state index in [9.17, 15) is 13.2 Å². The summed E-state index contributed by atoms with van der Waals surface area (Å²) >= 11 is 0. The highest BCUT2D eigenvalue weighted by molar-refractivity contribution is 7.92. The lowest BCUT2D eigenvalue weighted by molar-refractivity contribution is -0.115. The zero-order valence-corrected chi connectivity index (χ0v) is 12.8. The lowest BCUT2D eigenvalue weighted by atomic mass is 10.2. The summed E-state index contributed by atoms with van der Waals surface area (Å²) in [7, 11) is -2.02. The van der Waals surface area contributed by atoms with Crippen LogP contribution in [0.2, 0.25) is 0 Å². The smallest absolute Gasteiger partial charge is 0.242 e. The van der Waals surface area contributed by atoms with E-state index in [0.29, 0.717) is 24.3 Å². The van der Waals surface area contributed by atoms with Crippen LogP contribution >= 0.6 is 0 Å². The molecule has 6 nitrogen and oxygen atoms in total. The van der Waals surface area contributed by atoms with Crippen LogP contribution in [0.1, 0.15) is 18.9 Å². The maximum Gasteiger partial charge on any atom is 0.242 e. The summed E-state index contributed by atoms with van der Waals surface area (Å²) < 4.78 is 28.8. The van der Waals surface area contributed by atoms with Gasteiger partial charge in [-0.05, 0) is 37.6 Å². The Morgan fingerprint density at radius 2 is 2.00 bits per heavy atom. The number of sulfone groups is 1. The number of hydrogen-bond acceptors (Lipinski definition) is 5. The molecule has 1 aromatic rings. The molecule has 21 heavy (non-hydrogen) atoms. The summed E-state index contributed by atoms with van der Waals surface area (Å²) in [5.41, 5.74) is 0.922. The van der Waals surface area contributed by atoms with Crippen molar-refractivity contribution >= 4 is 21.4 Å². The largest absolute Gasteiger partial charge is 0.385 e. The van der Waals surface area contributed by atoms with Gasteiger partial charge in [0.1, 0.15) is 5.25 Å². The molecule has 0 spiro atoms. The van der Waals surface area contributed by atoms with Gasteiger partial charge in [-0.1, -0.05) is 0 Å². The first-order valence-electron chi connectivity index (χ1n) is 6.42. The topological polar surface area (TPSA) is 96.3 Å². The number of carbonyl (C=O) groups is 1. The molecule has 0 aliphatic rings. The Balaban J connectivity index is 2.67. The maximum atomic E-state index is 12.0. The molecule has 0 radical (unpaired) electrons. The Kier molecular flexibility index (Phi) is 6.34. The number of ether oxygens (including phenoxy) is 1. The standard InChI is InChI=1S/C14H18N2O4S/c1-11(21(18,19)9-3-8-20-2)14(17)16-13-6-4-12(10-15)5-7-13/h4-7,11H,3,8-9H2,1-2H3,(H,16,17). The van der Waals surface area contributed by atoms with Crippen LogP contribution in [0.4, 0.5) is 5.69 Å². The molecule has 1 amide bonds. The molecule has 0 heterocycles. The van der Waals surface area contributed by atoms with Crippen molar-refractivity contribution in [1.82, 2.24) is 0 Å². The highest BCUT2D eigenvalue weighted by Crippen LogP contribution is 2.12. The summed E-state index contributed by atoms with van der Waals surface area (Å²) in [4.78, 5) is 12.0. The minimum Gasteiger partial charge on any atom is -0.385 e. The molecule has 1 rings (SSSR count). The van der Waals surface area contributed by atoms with E-state index in [1.165, 1.54) is 14.0 Å². The second-order valence-corrected chi connectivity index (χ2v) is 6.98. The van der Waals surface area contributed by atoms with Crippen LogP contribution in [-0.4, -0.2) is 39.0 Å². The van der Waals surface area contributed by atoms with Crippen LogP contribution in [0.15, 0.2) is 24.3 Å². The van der Waals surface area contributed by atoms with E-state index >= 15 is 0 Å². The number of nitrogens with zero attached hydrogens (tertiary/aromatic N) is 1. The average Bonchev–Trinajstić information content (AvgIpc) is 2.47. The van der Waals surface area contributed by atoms with Gasteiger partial charge in [0, 0.05) is 19.4 Å². The maximum absolute atomic E-state index is 12.0. The minimum absolute atomic E-state index is 0.0944. The highest BCUT2D eigenvalue weighted by atomic mass is 32.2. The summed E-state index contributed by atoms with van der Waals surface area (Å²) in [6.07, 6.45) is 0.354. The van der Waals surface area contributed by atoms with Crippen molar-refractivity contribution in [2.45, 2.75) is 18.6 Å². The van der Waals surface area contributed by atoms with Gasteiger partial charge in [0.2, 0.25) is 5.91 Å². The lowest BCUT2D eigenvalue weighted by Crippen LogP contribution is -2.34. The lowest BCUT2D eigenvalue weighted by Gasteiger charge is -2.13. The molecular formula is C14H18N2O4S. The first-order chi connectivity index (χ1) is 9.90. The molecule has 0 saturated carbocycles. The minimum atomic E-state index is -3.51. The zero-order valence-electron chi connectivity index (χ0n) is 12.0. The number of rotatable bonds is 7. The summed E-state index contributed by atoms with van der Waals surface area (Å²) in [6.45, 7) is 1.70. The second-order valence-electron chi connectivity index (χ2n) is 4.53. The SMILES string of the molecule is COCCCS(=O)(=O)C(C)C(=O)Nc1ccc(C#N)cc1. The second kappa shape index (κ2) is 7.76. The molecule has 7 heteroatoms. The van der Waals surface area contributed by atoms with E-state index in [4.69, 9.17) is 10.00 Å². The van der Waals surface area contributed by atoms with Crippen LogP contribution in [0.5, 0.6) is 0 Å². The summed E-state index contributed by atoms with van der Waals surface area (Å²) in [6, 6.07) is 8.17. The molecule has 1 aromatic carbocycles. The van der Waals surface area contributed by atoms with Crippen LogP contribution in [-0.2, 0) is 19.4 Å². The van der Waals surface area contributed by atoms with Gasteiger partial charge in [0.05, 0.1) is 17.4 Å². The third-order valence-corrected chi connectivity index (χ3v) is 5.12. The van der Waals surface area contributed by atoms with Crippen molar-refractivity contribution < 1.29 is 17.9 Å². The number of anilines is 1. The fourth-order valence-electron chi connectivity index (χ4n) is 1.62. The van der Waals surface area contributed by atoms with Crippen molar-refractivity contribution in [3.05, 3.63) is 29.8 Å². The average molecular weight is 310 g/mol. The van der Waals surface area contributed by atoms with Crippen molar-refractivity contribution in [3.63, 3.8) is 0 Å². The first kappa shape index (κ1) is 17.1. The van der Waals surface area contributed by atoms with Gasteiger partial charge in [0.25, 0.3) is 0 Å². The predicted octanol–water partition coefficient (Wildman–Crippen LogP) is 1.34. The number of benzene rings is 1. The number of carbonyl (C=O) groups excluding carboxylic acids is 1. The molecule has 0 bridgehead atoms. The molecule has 0 aliphatic carbocycles. The third kappa shape index (κ3) is 5.17. The van der Waals surface area contributed by atoms with E-state index in [0.717, 1.165) is 0 Å². The Labute approximate surface area is 124 Å². The summed E-state index contributed by atoms with van der Waals surface area (Å²) in [5, 5.41) is 10.1. The van der Waals surface area contributed by atoms with Gasteiger partial charge in [-0.2, -0.15) is 5.26 Å². The van der Waals surface area contributed by atoms with E-state index in [1.807, 2.05) is 6.07 Å². The van der Waals surface area contributed by atoms with Crippen molar-refractivity contribution in [3.8, 4) is 6.07 Å². The van der Waals surface area contributed by atoms with Gasteiger partial charge in [-0.3, -0.25) is 4.79 Å². The number of nitriles is 1. The Hall–Kier alpha value is -1.91. The van der Waals surface area contributed by atoms with Crippen molar-refractivity contribution in [2.75, 3.05) is 24.8 Å². The first-order valence-corrected chi connectivity index (χ1v) is 8.14. The molecule has 114 valence electrons. The van der Waals surface area contributed by atoms with Gasteiger partial charge < -0.3 is 10.1 Å². The number of methoxy groups -OCH3 is 1. The Morgan fingerprint density at radius 1 is 1.38 bits per heavy atom. The van der Waals surface area contributed by atoms with Gasteiger partial charge >= 0.3 is 0 Å². The Bertz CT molecular complexity index is 617. The quantitative estimate of drug-likeness (QED) is 0.767. The molecule has 1 atom stereocenters. The van der Waals surface area contributed by atoms with Crippen LogP contribution in [0.25, 0.3) is 0 Å². The van der Waals surface area contributed by atoms with Crippen LogP contribution in [0.3, 0.4) is 0 Å². The predicted molar refractivity (Wildman–Crippen MR) is 79.5 cm³/mol. The highest BCUT2D eigenvalue weighted by Gasteiger charge is 2.27. The molecule has 0 aromatic heterocycles. The molecular weight excluding hydrogens is 292 g/mol. The van der Waals surface area contributed by atoms with Gasteiger partial charge in [0.15, 0.2) is 9.84 Å². The molecule has 0 saturated heterocycles. The number of nitrogens with one attached hydrogen (secondary N) is 1. The van der Waals surface area contributed by atoms with E-state index in [-0.39, 0.29) is 5.75 Å². The zero-order chi connectivity index (χ0) is 15.9. The van der Waals surface area contributed by atoms with E-state index in [1.54, 1.807) is 24.3 Å². The summed E-state index contributed by atoms with van der Waals surface area (Å²) in [5.74, 6) is -0.680. The van der Waals surface area contributed by atoms with Crippen LogP contribution < -0.4 is 5.32 Å². The normalized spacial score (nSPS) is 12.4. The molecule has 0 aliphatic heterocycles. The fourth-order valence-corrected chi connectivity index (χ4v) is 2.88. The number of amides is 1. The molecule has 1 N–H and O–H groups in total. The van der Waals surface area contributed by atoms with Crippen molar-refractivity contribution in [1.29, 1.82) is 5.26 Å².